The van der Waals surface area contributed by atoms with Gasteiger partial charge in [0.05, 0.1) is 31.7 Å². The zero-order valence-corrected chi connectivity index (χ0v) is 21.0. The van der Waals surface area contributed by atoms with Gasteiger partial charge in [0.1, 0.15) is 5.88 Å². The number of urea groups is 1. The van der Waals surface area contributed by atoms with E-state index in [1.54, 1.807) is 25.1 Å². The second-order valence-electron chi connectivity index (χ2n) is 8.59. The quantitative estimate of drug-likeness (QED) is 0.687. The summed E-state index contributed by atoms with van der Waals surface area (Å²) in [6.07, 6.45) is 0.787. The molecule has 9 nitrogen and oxygen atoms in total. The molecule has 0 aromatic heterocycles. The van der Waals surface area contributed by atoms with Crippen molar-refractivity contribution in [2.24, 2.45) is 5.10 Å². The standard InChI is InChI=1S/C24H29FN4O5S/c1-15-12-18-19(13-20(33-3)23(34-4)21(18)25)22(27-29(15)24(30)26-2)16-6-8-17(9-7-16)28-10-5-11-35(31,32)14-28/h6-9,13,15H,5,10-12,14H2,1-4H3,(H,26,30)/t15-/m0/s1. The minimum absolute atomic E-state index is 0.00662. The molecule has 0 saturated carbocycles. The molecule has 1 N–H and O–H groups in total. The lowest BCUT2D eigenvalue weighted by atomic mass is 9.93. The summed E-state index contributed by atoms with van der Waals surface area (Å²) in [7, 11) is 1.20. The first-order valence-electron chi connectivity index (χ1n) is 11.3. The summed E-state index contributed by atoms with van der Waals surface area (Å²) >= 11 is 0. The fourth-order valence-electron chi connectivity index (χ4n) is 4.49. The van der Waals surface area contributed by atoms with Crippen LogP contribution in [0.1, 0.15) is 30.0 Å². The predicted molar refractivity (Wildman–Crippen MR) is 132 cm³/mol. The smallest absolute Gasteiger partial charge is 0.337 e. The van der Waals surface area contributed by atoms with Gasteiger partial charge in [0.2, 0.25) is 0 Å². The number of carbonyl (C=O) groups excluding carboxylic acids is 1. The molecule has 2 amide bonds. The molecule has 1 atom stereocenters. The van der Waals surface area contributed by atoms with Gasteiger partial charge >= 0.3 is 6.03 Å². The molecule has 4 rings (SSSR count). The molecular weight excluding hydrogens is 475 g/mol. The normalized spacial score (nSPS) is 19.3. The van der Waals surface area contributed by atoms with E-state index in [0.29, 0.717) is 35.4 Å². The van der Waals surface area contributed by atoms with Crippen molar-refractivity contribution in [1.82, 2.24) is 10.3 Å². The van der Waals surface area contributed by atoms with Crippen molar-refractivity contribution in [3.05, 3.63) is 52.8 Å². The maximum Gasteiger partial charge on any atom is 0.337 e. The zero-order chi connectivity index (χ0) is 25.3. The summed E-state index contributed by atoms with van der Waals surface area (Å²) in [5.41, 5.74) is 2.66. The highest BCUT2D eigenvalue weighted by Gasteiger charge is 2.31. The SMILES string of the molecule is CNC(=O)N1N=C(c2ccc(N3CCCS(=O)(=O)C3)cc2)c2cc(OC)c(OC)c(F)c2C[C@@H]1C. The molecule has 1 saturated heterocycles. The van der Waals surface area contributed by atoms with Gasteiger partial charge in [-0.15, -0.1) is 0 Å². The summed E-state index contributed by atoms with van der Waals surface area (Å²) in [6.45, 7) is 2.44. The van der Waals surface area contributed by atoms with Crippen LogP contribution in [0.2, 0.25) is 0 Å². The number of sulfone groups is 1. The van der Waals surface area contributed by atoms with E-state index >= 15 is 4.39 Å². The second-order valence-corrected chi connectivity index (χ2v) is 10.7. The highest BCUT2D eigenvalue weighted by atomic mass is 32.2. The molecular formula is C24H29FN4O5S. The molecule has 35 heavy (non-hydrogen) atoms. The third-order valence-electron chi connectivity index (χ3n) is 6.26. The minimum atomic E-state index is -3.12. The van der Waals surface area contributed by atoms with Gasteiger partial charge in [-0.1, -0.05) is 12.1 Å². The number of hydrogen-bond donors (Lipinski definition) is 1. The van der Waals surface area contributed by atoms with Crippen LogP contribution in [0.5, 0.6) is 11.5 Å². The molecule has 0 aliphatic carbocycles. The van der Waals surface area contributed by atoms with Crippen molar-refractivity contribution in [1.29, 1.82) is 0 Å². The first kappa shape index (κ1) is 24.8. The number of hydrogen-bond acceptors (Lipinski definition) is 7. The number of ether oxygens (including phenoxy) is 2. The number of rotatable bonds is 4. The highest BCUT2D eigenvalue weighted by molar-refractivity contribution is 7.91. The number of fused-ring (bicyclic) bond motifs is 1. The molecule has 0 unspecified atom stereocenters. The number of benzene rings is 2. The molecule has 2 aliphatic heterocycles. The lowest BCUT2D eigenvalue weighted by molar-refractivity contribution is 0.184. The topological polar surface area (TPSA) is 101 Å². The van der Waals surface area contributed by atoms with E-state index in [4.69, 9.17) is 9.47 Å². The van der Waals surface area contributed by atoms with Crippen LogP contribution in [-0.2, 0) is 16.3 Å². The van der Waals surface area contributed by atoms with E-state index in [1.807, 2.05) is 17.0 Å². The van der Waals surface area contributed by atoms with Crippen LogP contribution in [-0.4, -0.2) is 70.7 Å². The number of hydrazone groups is 1. The summed E-state index contributed by atoms with van der Waals surface area (Å²) in [4.78, 5) is 14.4. The lowest BCUT2D eigenvalue weighted by Crippen LogP contribution is -2.41. The van der Waals surface area contributed by atoms with Gasteiger partial charge in [-0.3, -0.25) is 0 Å². The van der Waals surface area contributed by atoms with E-state index in [0.717, 1.165) is 5.69 Å². The number of methoxy groups -OCH3 is 2. The number of anilines is 1. The second kappa shape index (κ2) is 9.73. The fourth-order valence-corrected chi connectivity index (χ4v) is 5.94. The molecule has 0 radical (unpaired) electrons. The number of halogens is 1. The van der Waals surface area contributed by atoms with Crippen LogP contribution in [0, 0.1) is 5.82 Å². The Morgan fingerprint density at radius 3 is 2.51 bits per heavy atom. The first-order chi connectivity index (χ1) is 16.7. The van der Waals surface area contributed by atoms with Crippen molar-refractivity contribution in [2.75, 3.05) is 44.3 Å². The van der Waals surface area contributed by atoms with Gasteiger partial charge in [-0.25, -0.2) is 22.6 Å². The van der Waals surface area contributed by atoms with E-state index in [-0.39, 0.29) is 29.5 Å². The van der Waals surface area contributed by atoms with Gasteiger partial charge in [0.25, 0.3) is 0 Å². The van der Waals surface area contributed by atoms with Gasteiger partial charge in [-0.2, -0.15) is 5.10 Å². The Morgan fingerprint density at radius 2 is 1.91 bits per heavy atom. The lowest BCUT2D eigenvalue weighted by Gasteiger charge is -2.28. The maximum absolute atomic E-state index is 15.6. The van der Waals surface area contributed by atoms with E-state index in [9.17, 15) is 13.2 Å². The maximum atomic E-state index is 15.6. The first-order valence-corrected chi connectivity index (χ1v) is 13.1. The van der Waals surface area contributed by atoms with Crippen molar-refractivity contribution in [3.8, 4) is 11.5 Å². The number of carbonyl (C=O) groups is 1. The molecule has 2 aromatic rings. The Hall–Kier alpha value is -3.34. The summed E-state index contributed by atoms with van der Waals surface area (Å²) in [5.74, 6) is -0.185. The van der Waals surface area contributed by atoms with E-state index in [2.05, 4.69) is 10.4 Å². The minimum Gasteiger partial charge on any atom is -0.493 e. The largest absolute Gasteiger partial charge is 0.493 e. The number of amides is 2. The number of nitrogens with zero attached hydrogens (tertiary/aromatic N) is 3. The van der Waals surface area contributed by atoms with Crippen LogP contribution < -0.4 is 19.7 Å². The average Bonchev–Trinajstić information content (AvgIpc) is 2.99. The Kier molecular flexibility index (Phi) is 6.88. The highest BCUT2D eigenvalue weighted by Crippen LogP contribution is 2.38. The average molecular weight is 505 g/mol. The predicted octanol–water partition coefficient (Wildman–Crippen LogP) is 2.76. The molecule has 0 bridgehead atoms. The van der Waals surface area contributed by atoms with Crippen LogP contribution in [0.3, 0.4) is 0 Å². The van der Waals surface area contributed by atoms with Gasteiger partial charge in [-0.05, 0) is 38.0 Å². The fraction of sp³-hybridized carbons (Fsp3) is 0.417. The van der Waals surface area contributed by atoms with Crippen molar-refractivity contribution in [3.63, 3.8) is 0 Å². The molecule has 188 valence electrons. The Balaban J connectivity index is 1.83. The van der Waals surface area contributed by atoms with Gasteiger partial charge in [0, 0.05) is 36.0 Å². The van der Waals surface area contributed by atoms with Crippen LogP contribution in [0.25, 0.3) is 0 Å². The van der Waals surface area contributed by atoms with Crippen molar-refractivity contribution < 1.29 is 27.1 Å². The summed E-state index contributed by atoms with van der Waals surface area (Å²) in [6, 6.07) is 8.04. The van der Waals surface area contributed by atoms with E-state index < -0.39 is 27.7 Å². The van der Waals surface area contributed by atoms with Crippen LogP contribution >= 0.6 is 0 Å². The molecule has 2 aliphatic rings. The Morgan fingerprint density at radius 1 is 1.20 bits per heavy atom. The summed E-state index contributed by atoms with van der Waals surface area (Å²) in [5, 5.41) is 8.53. The van der Waals surface area contributed by atoms with Crippen LogP contribution in [0.4, 0.5) is 14.9 Å². The van der Waals surface area contributed by atoms with Crippen LogP contribution in [0.15, 0.2) is 35.4 Å². The molecule has 2 aromatic carbocycles. The molecule has 11 heteroatoms. The summed E-state index contributed by atoms with van der Waals surface area (Å²) < 4.78 is 50.4. The third kappa shape index (κ3) is 4.77. The molecule has 1 fully saturated rings. The van der Waals surface area contributed by atoms with Crippen molar-refractivity contribution >= 4 is 27.3 Å². The van der Waals surface area contributed by atoms with E-state index in [1.165, 1.54) is 26.3 Å². The van der Waals surface area contributed by atoms with Gasteiger partial charge in [0.15, 0.2) is 27.2 Å². The van der Waals surface area contributed by atoms with Gasteiger partial charge < -0.3 is 19.7 Å². The Bertz CT molecular complexity index is 1260. The third-order valence-corrected chi connectivity index (χ3v) is 7.87. The monoisotopic (exact) mass is 504 g/mol. The number of nitrogens with one attached hydrogen (secondary N) is 1. The molecule has 2 heterocycles. The molecule has 0 spiro atoms. The zero-order valence-electron chi connectivity index (χ0n) is 20.2. The van der Waals surface area contributed by atoms with Crippen molar-refractivity contribution in [2.45, 2.75) is 25.8 Å². The Labute approximate surface area is 204 Å².